The number of hydrogen-bond donors (Lipinski definition) is 1. The lowest BCUT2D eigenvalue weighted by atomic mass is 10.1. The molecule has 0 saturated carbocycles. The van der Waals surface area contributed by atoms with Crippen LogP contribution in [0.25, 0.3) is 16.0 Å². The summed E-state index contributed by atoms with van der Waals surface area (Å²) in [5.41, 5.74) is 1.00. The minimum atomic E-state index is -0.266. The summed E-state index contributed by atoms with van der Waals surface area (Å²) >= 11 is 1.56. The van der Waals surface area contributed by atoms with Gasteiger partial charge in [-0.25, -0.2) is 19.3 Å². The maximum absolute atomic E-state index is 11.5. The molecule has 4 rings (SSSR count). The Kier molecular flexibility index (Phi) is 2.31. The third kappa shape index (κ3) is 1.63. The van der Waals surface area contributed by atoms with Crippen LogP contribution in [-0.4, -0.2) is 37.7 Å². The molecule has 1 aliphatic heterocycles. The zero-order chi connectivity index (χ0) is 12.8. The normalized spacial score (nSPS) is 16.5. The number of fused-ring (bicyclic) bond motifs is 3. The second-order valence-corrected chi connectivity index (χ2v) is 5.64. The van der Waals surface area contributed by atoms with Crippen LogP contribution in [0, 0.1) is 0 Å². The Hall–Kier alpha value is -1.96. The molecule has 1 aliphatic rings. The molecule has 0 atom stereocenters. The quantitative estimate of drug-likeness (QED) is 0.718. The van der Waals surface area contributed by atoms with E-state index in [0.717, 1.165) is 22.9 Å². The number of thiazole rings is 1. The van der Waals surface area contributed by atoms with E-state index < -0.39 is 0 Å². The van der Waals surface area contributed by atoms with Gasteiger partial charge in [0.25, 0.3) is 0 Å². The van der Waals surface area contributed by atoms with Crippen molar-refractivity contribution >= 4 is 32.5 Å². The predicted molar refractivity (Wildman–Crippen MR) is 72.8 cm³/mol. The van der Waals surface area contributed by atoms with Crippen LogP contribution >= 0.6 is 11.3 Å². The molecule has 0 aromatic carbocycles. The van der Waals surface area contributed by atoms with Crippen molar-refractivity contribution in [2.45, 2.75) is 19.3 Å². The molecule has 8 heteroatoms. The van der Waals surface area contributed by atoms with Crippen LogP contribution in [0.2, 0.25) is 0 Å². The van der Waals surface area contributed by atoms with E-state index in [0.29, 0.717) is 11.3 Å². The maximum atomic E-state index is 11.5. The van der Waals surface area contributed by atoms with Crippen LogP contribution in [-0.2, 0) is 0 Å². The second kappa shape index (κ2) is 4.02. The van der Waals surface area contributed by atoms with Crippen LogP contribution in [0.5, 0.6) is 0 Å². The summed E-state index contributed by atoms with van der Waals surface area (Å²) in [5.74, 6) is 0. The van der Waals surface area contributed by atoms with Crippen molar-refractivity contribution in [3.63, 3.8) is 0 Å². The number of nitrogens with one attached hydrogen (secondary N) is 1. The first-order valence-corrected chi connectivity index (χ1v) is 7.12. The van der Waals surface area contributed by atoms with Crippen molar-refractivity contribution < 1.29 is 0 Å². The van der Waals surface area contributed by atoms with Gasteiger partial charge in [-0.3, -0.25) is 0 Å². The molecule has 1 fully saturated rings. The lowest BCUT2D eigenvalue weighted by Crippen LogP contribution is -2.29. The number of piperidine rings is 1. The average Bonchev–Trinajstić information content (AvgIpc) is 3.03. The first-order chi connectivity index (χ1) is 9.33. The summed E-state index contributed by atoms with van der Waals surface area (Å²) in [5, 5.41) is 7.46. The van der Waals surface area contributed by atoms with Crippen LogP contribution in [0.3, 0.4) is 0 Å². The van der Waals surface area contributed by atoms with Crippen molar-refractivity contribution in [3.05, 3.63) is 16.8 Å². The third-order valence-corrected chi connectivity index (χ3v) is 4.53. The molecule has 0 amide bonds. The summed E-state index contributed by atoms with van der Waals surface area (Å²) in [7, 11) is 0. The minimum absolute atomic E-state index is 0.266. The van der Waals surface area contributed by atoms with E-state index in [2.05, 4.69) is 25.1 Å². The van der Waals surface area contributed by atoms with Crippen molar-refractivity contribution in [2.24, 2.45) is 0 Å². The Bertz CT molecular complexity index is 796. The van der Waals surface area contributed by atoms with Crippen molar-refractivity contribution in [3.8, 4) is 0 Å². The van der Waals surface area contributed by atoms with Gasteiger partial charge in [0.05, 0.1) is 0 Å². The summed E-state index contributed by atoms with van der Waals surface area (Å²) < 4.78 is 2.28. The van der Waals surface area contributed by atoms with E-state index in [9.17, 15) is 4.79 Å². The molecule has 0 radical (unpaired) electrons. The molecule has 3 aromatic heterocycles. The first kappa shape index (κ1) is 10.9. The Morgan fingerprint density at radius 3 is 2.95 bits per heavy atom. The highest BCUT2D eigenvalue weighted by Gasteiger charge is 2.17. The number of anilines is 1. The Labute approximate surface area is 111 Å². The summed E-state index contributed by atoms with van der Waals surface area (Å²) in [4.78, 5) is 22.6. The fraction of sp³-hybridized carbons (Fsp3) is 0.455. The molecule has 1 saturated heterocycles. The molecule has 4 heterocycles. The smallest absolute Gasteiger partial charge is 0.348 e. The van der Waals surface area contributed by atoms with Gasteiger partial charge >= 0.3 is 5.69 Å². The fourth-order valence-electron chi connectivity index (χ4n) is 2.44. The van der Waals surface area contributed by atoms with Gasteiger partial charge in [-0.1, -0.05) is 11.3 Å². The summed E-state index contributed by atoms with van der Waals surface area (Å²) in [6.07, 6.45) is 5.18. The number of nitrogens with zero attached hydrogens (tertiary/aromatic N) is 5. The average molecular weight is 276 g/mol. The highest BCUT2D eigenvalue weighted by atomic mass is 32.1. The highest BCUT2D eigenvalue weighted by molar-refractivity contribution is 7.22. The third-order valence-electron chi connectivity index (χ3n) is 3.43. The Balaban J connectivity index is 1.90. The number of aromatic amines is 1. The highest BCUT2D eigenvalue weighted by Crippen LogP contribution is 2.30. The van der Waals surface area contributed by atoms with Crippen molar-refractivity contribution in [2.75, 3.05) is 18.0 Å². The van der Waals surface area contributed by atoms with E-state index >= 15 is 0 Å². The SMILES string of the molecule is O=c1[nH]nc2c3sc(N4CCCCC4)nc3ncn12. The molecule has 0 unspecified atom stereocenters. The van der Waals surface area contributed by atoms with Crippen LogP contribution < -0.4 is 10.6 Å². The number of aromatic nitrogens is 5. The maximum Gasteiger partial charge on any atom is 0.349 e. The van der Waals surface area contributed by atoms with Gasteiger partial charge in [-0.15, -0.1) is 0 Å². The van der Waals surface area contributed by atoms with Gasteiger partial charge in [0, 0.05) is 13.1 Å². The van der Waals surface area contributed by atoms with E-state index in [1.807, 2.05) is 0 Å². The topological polar surface area (TPSA) is 79.2 Å². The lowest BCUT2D eigenvalue weighted by molar-refractivity contribution is 0.577. The fourth-order valence-corrected chi connectivity index (χ4v) is 3.49. The van der Waals surface area contributed by atoms with E-state index in [-0.39, 0.29) is 5.69 Å². The van der Waals surface area contributed by atoms with Crippen LogP contribution in [0.4, 0.5) is 5.13 Å². The van der Waals surface area contributed by atoms with Gasteiger partial charge in [0.1, 0.15) is 11.0 Å². The van der Waals surface area contributed by atoms with Gasteiger partial charge in [-0.05, 0) is 19.3 Å². The number of H-pyrrole nitrogens is 1. The van der Waals surface area contributed by atoms with Crippen LogP contribution in [0.1, 0.15) is 19.3 Å². The molecule has 7 nitrogen and oxygen atoms in total. The van der Waals surface area contributed by atoms with Gasteiger partial charge < -0.3 is 4.90 Å². The van der Waals surface area contributed by atoms with Gasteiger partial charge in [0.2, 0.25) is 0 Å². The Morgan fingerprint density at radius 2 is 2.11 bits per heavy atom. The molecule has 0 aliphatic carbocycles. The Morgan fingerprint density at radius 1 is 1.26 bits per heavy atom. The molecule has 1 N–H and O–H groups in total. The first-order valence-electron chi connectivity index (χ1n) is 6.30. The molecule has 3 aromatic rings. The van der Waals surface area contributed by atoms with Gasteiger partial charge in [0.15, 0.2) is 16.4 Å². The van der Waals surface area contributed by atoms with E-state index in [1.54, 1.807) is 11.3 Å². The molecule has 0 spiro atoms. The molecular weight excluding hydrogens is 264 g/mol. The van der Waals surface area contributed by atoms with Crippen molar-refractivity contribution in [1.82, 2.24) is 24.6 Å². The standard InChI is InChI=1S/C11H12N6OS/c18-10-15-14-9-7-8(12-6-17(9)10)13-11(19-7)16-4-2-1-3-5-16/h6H,1-5H2,(H,15,18). The second-order valence-electron chi connectivity index (χ2n) is 4.66. The van der Waals surface area contributed by atoms with E-state index in [4.69, 9.17) is 0 Å². The minimum Gasteiger partial charge on any atom is -0.348 e. The monoisotopic (exact) mass is 276 g/mol. The van der Waals surface area contributed by atoms with Gasteiger partial charge in [-0.2, -0.15) is 10.1 Å². The number of hydrogen-bond acceptors (Lipinski definition) is 6. The summed E-state index contributed by atoms with van der Waals surface area (Å²) in [6.45, 7) is 2.09. The molecule has 98 valence electrons. The lowest BCUT2D eigenvalue weighted by Gasteiger charge is -2.25. The largest absolute Gasteiger partial charge is 0.349 e. The molecule has 0 bridgehead atoms. The van der Waals surface area contributed by atoms with Crippen molar-refractivity contribution in [1.29, 1.82) is 0 Å². The summed E-state index contributed by atoms with van der Waals surface area (Å²) in [6, 6.07) is 0. The predicted octanol–water partition coefficient (Wildman–Crippen LogP) is 1.02. The van der Waals surface area contributed by atoms with E-state index in [1.165, 1.54) is 30.0 Å². The molecular formula is C11H12N6OS. The molecule has 19 heavy (non-hydrogen) atoms. The number of rotatable bonds is 1. The zero-order valence-corrected chi connectivity index (χ0v) is 11.0. The van der Waals surface area contributed by atoms with Crippen LogP contribution in [0.15, 0.2) is 11.1 Å². The zero-order valence-electron chi connectivity index (χ0n) is 10.2.